The van der Waals surface area contributed by atoms with Crippen molar-refractivity contribution in [1.82, 2.24) is 14.1 Å². The van der Waals surface area contributed by atoms with E-state index >= 15 is 0 Å². The van der Waals surface area contributed by atoms with E-state index in [0.717, 1.165) is 45.4 Å². The Balaban J connectivity index is 1.41. The largest absolute Gasteiger partial charge is 0.497 e. The van der Waals surface area contributed by atoms with Gasteiger partial charge in [0.1, 0.15) is 5.75 Å². The Hall–Kier alpha value is -1.68. The van der Waals surface area contributed by atoms with Crippen LogP contribution in [0.4, 0.5) is 0 Å². The second-order valence-corrected chi connectivity index (χ2v) is 11.6. The third kappa shape index (κ3) is 5.53. The van der Waals surface area contributed by atoms with E-state index in [9.17, 15) is 13.2 Å². The summed E-state index contributed by atoms with van der Waals surface area (Å²) >= 11 is 0. The van der Waals surface area contributed by atoms with Crippen molar-refractivity contribution in [3.8, 4) is 5.75 Å². The number of rotatable bonds is 6. The molecule has 0 aliphatic carbocycles. The highest BCUT2D eigenvalue weighted by Crippen LogP contribution is 2.29. The first-order chi connectivity index (χ1) is 15.8. The fourth-order valence-electron chi connectivity index (χ4n) is 5.54. The summed E-state index contributed by atoms with van der Waals surface area (Å²) in [5, 5.41) is 0. The molecule has 8 nitrogen and oxygen atoms in total. The SMILES string of the molecule is COc1ccc(S(=O)(=O)N2CCCC(C(=O)N3CCCC3CN3CC(C)OC(C)C3)C2)cc1. The zero-order chi connectivity index (χ0) is 23.6. The van der Waals surface area contributed by atoms with Gasteiger partial charge in [0.15, 0.2) is 0 Å². The number of piperidine rings is 1. The minimum absolute atomic E-state index is 0.112. The van der Waals surface area contributed by atoms with Crippen molar-refractivity contribution in [3.05, 3.63) is 24.3 Å². The molecular weight excluding hydrogens is 442 g/mol. The summed E-state index contributed by atoms with van der Waals surface area (Å²) in [4.78, 5) is 18.2. The van der Waals surface area contributed by atoms with Crippen molar-refractivity contribution >= 4 is 15.9 Å². The van der Waals surface area contributed by atoms with E-state index in [1.165, 1.54) is 4.31 Å². The van der Waals surface area contributed by atoms with Crippen molar-refractivity contribution in [2.75, 3.05) is 46.4 Å². The van der Waals surface area contributed by atoms with Crippen LogP contribution in [0.25, 0.3) is 0 Å². The molecule has 0 bridgehead atoms. The minimum atomic E-state index is -3.64. The van der Waals surface area contributed by atoms with Gasteiger partial charge in [0.25, 0.3) is 0 Å². The number of hydrogen-bond donors (Lipinski definition) is 0. The van der Waals surface area contributed by atoms with E-state index < -0.39 is 10.0 Å². The number of nitrogens with zero attached hydrogens (tertiary/aromatic N) is 3. The summed E-state index contributed by atoms with van der Waals surface area (Å²) in [6.07, 6.45) is 3.85. The predicted molar refractivity (Wildman–Crippen MR) is 126 cm³/mol. The third-order valence-corrected chi connectivity index (χ3v) is 8.93. The summed E-state index contributed by atoms with van der Waals surface area (Å²) in [6.45, 7) is 8.30. The fourth-order valence-corrected chi connectivity index (χ4v) is 7.06. The molecule has 0 N–H and O–H groups in total. The summed E-state index contributed by atoms with van der Waals surface area (Å²) in [6, 6.07) is 6.65. The Morgan fingerprint density at radius 3 is 2.36 bits per heavy atom. The first kappa shape index (κ1) is 24.4. The van der Waals surface area contributed by atoms with Crippen molar-refractivity contribution < 1.29 is 22.7 Å². The lowest BCUT2D eigenvalue weighted by molar-refractivity contribution is -0.138. The van der Waals surface area contributed by atoms with Gasteiger partial charge in [-0.3, -0.25) is 9.69 Å². The molecule has 3 aliphatic rings. The maximum absolute atomic E-state index is 13.5. The van der Waals surface area contributed by atoms with Crippen LogP contribution in [0.3, 0.4) is 0 Å². The topological polar surface area (TPSA) is 79.4 Å². The van der Waals surface area contributed by atoms with Crippen LogP contribution in [0, 0.1) is 5.92 Å². The molecule has 0 radical (unpaired) electrons. The molecule has 4 rings (SSSR count). The molecule has 3 aliphatic heterocycles. The zero-order valence-corrected chi connectivity index (χ0v) is 20.8. The molecule has 1 aromatic rings. The Kier molecular flexibility index (Phi) is 7.63. The van der Waals surface area contributed by atoms with Crippen LogP contribution in [0.1, 0.15) is 39.5 Å². The number of amides is 1. The van der Waals surface area contributed by atoms with E-state index in [0.29, 0.717) is 18.7 Å². The summed E-state index contributed by atoms with van der Waals surface area (Å²) in [5.74, 6) is 0.446. The Labute approximate surface area is 197 Å². The molecule has 1 amide bonds. The molecule has 184 valence electrons. The van der Waals surface area contributed by atoms with Crippen LogP contribution >= 0.6 is 0 Å². The fraction of sp³-hybridized carbons (Fsp3) is 0.708. The second-order valence-electron chi connectivity index (χ2n) is 9.68. The van der Waals surface area contributed by atoms with E-state index in [4.69, 9.17) is 9.47 Å². The van der Waals surface area contributed by atoms with E-state index in [-0.39, 0.29) is 41.5 Å². The highest BCUT2D eigenvalue weighted by Gasteiger charge is 2.39. The summed E-state index contributed by atoms with van der Waals surface area (Å²) in [5.41, 5.74) is 0. The predicted octanol–water partition coefficient (Wildman–Crippen LogP) is 2.20. The highest BCUT2D eigenvalue weighted by molar-refractivity contribution is 7.89. The van der Waals surface area contributed by atoms with Gasteiger partial charge in [0.05, 0.1) is 30.1 Å². The van der Waals surface area contributed by atoms with Crippen LogP contribution in [-0.2, 0) is 19.6 Å². The Bertz CT molecular complexity index is 913. The van der Waals surface area contributed by atoms with E-state index in [2.05, 4.69) is 18.7 Å². The number of hydrogen-bond acceptors (Lipinski definition) is 6. The van der Waals surface area contributed by atoms with Crippen LogP contribution in [-0.4, -0.2) is 93.1 Å². The molecule has 4 atom stereocenters. The molecule has 3 fully saturated rings. The maximum atomic E-state index is 13.5. The second kappa shape index (κ2) is 10.3. The Morgan fingerprint density at radius 1 is 1.03 bits per heavy atom. The number of sulfonamides is 1. The average molecular weight is 480 g/mol. The van der Waals surface area contributed by atoms with Crippen molar-refractivity contribution in [2.24, 2.45) is 5.92 Å². The molecule has 1 aromatic carbocycles. The van der Waals surface area contributed by atoms with Crippen LogP contribution in [0.5, 0.6) is 5.75 Å². The van der Waals surface area contributed by atoms with Gasteiger partial charge in [-0.2, -0.15) is 4.31 Å². The van der Waals surface area contributed by atoms with Gasteiger partial charge < -0.3 is 14.4 Å². The van der Waals surface area contributed by atoms with Gasteiger partial charge in [0, 0.05) is 45.3 Å². The highest BCUT2D eigenvalue weighted by atomic mass is 32.2. The van der Waals surface area contributed by atoms with E-state index in [1.54, 1.807) is 31.4 Å². The van der Waals surface area contributed by atoms with Gasteiger partial charge in [-0.1, -0.05) is 0 Å². The average Bonchev–Trinajstić information content (AvgIpc) is 3.26. The summed E-state index contributed by atoms with van der Waals surface area (Å²) in [7, 11) is -2.09. The van der Waals surface area contributed by atoms with Crippen molar-refractivity contribution in [2.45, 2.75) is 62.7 Å². The van der Waals surface area contributed by atoms with Gasteiger partial charge in [-0.25, -0.2) is 8.42 Å². The molecule has 0 spiro atoms. The van der Waals surface area contributed by atoms with Crippen molar-refractivity contribution in [3.63, 3.8) is 0 Å². The monoisotopic (exact) mass is 479 g/mol. The third-order valence-electron chi connectivity index (χ3n) is 7.05. The van der Waals surface area contributed by atoms with Crippen LogP contribution in [0.2, 0.25) is 0 Å². The normalized spacial score (nSPS) is 29.8. The number of likely N-dealkylation sites (tertiary alicyclic amines) is 1. The quantitative estimate of drug-likeness (QED) is 0.622. The number of ether oxygens (including phenoxy) is 2. The molecule has 3 saturated heterocycles. The molecule has 3 heterocycles. The van der Waals surface area contributed by atoms with Crippen LogP contribution in [0.15, 0.2) is 29.2 Å². The van der Waals surface area contributed by atoms with Gasteiger partial charge in [-0.05, 0) is 63.8 Å². The number of methoxy groups -OCH3 is 1. The molecule has 4 unspecified atom stereocenters. The molecule has 9 heteroatoms. The lowest BCUT2D eigenvalue weighted by Gasteiger charge is -2.39. The minimum Gasteiger partial charge on any atom is -0.497 e. The number of carbonyl (C=O) groups is 1. The molecule has 0 aromatic heterocycles. The lowest BCUT2D eigenvalue weighted by Crippen LogP contribution is -2.53. The number of carbonyl (C=O) groups excluding carboxylic acids is 1. The number of morpholine rings is 1. The Morgan fingerprint density at radius 2 is 1.70 bits per heavy atom. The molecular formula is C24H37N3O5S. The zero-order valence-electron chi connectivity index (χ0n) is 20.0. The number of benzene rings is 1. The molecule has 0 saturated carbocycles. The molecule has 33 heavy (non-hydrogen) atoms. The summed E-state index contributed by atoms with van der Waals surface area (Å²) < 4.78 is 38.9. The lowest BCUT2D eigenvalue weighted by atomic mass is 9.97. The first-order valence-electron chi connectivity index (χ1n) is 12.1. The van der Waals surface area contributed by atoms with Gasteiger partial charge in [-0.15, -0.1) is 0 Å². The van der Waals surface area contributed by atoms with Crippen molar-refractivity contribution in [1.29, 1.82) is 0 Å². The smallest absolute Gasteiger partial charge is 0.243 e. The first-order valence-corrected chi connectivity index (χ1v) is 13.5. The van der Waals surface area contributed by atoms with Crippen LogP contribution < -0.4 is 4.74 Å². The van der Waals surface area contributed by atoms with Gasteiger partial charge in [0.2, 0.25) is 15.9 Å². The standard InChI is InChI=1S/C24H37N3O5S/c1-18-14-25(15-19(2)32-18)17-21-7-5-13-27(21)24(28)20-6-4-12-26(16-20)33(29,30)23-10-8-22(31-3)9-11-23/h8-11,18-21H,4-7,12-17H2,1-3H3. The van der Waals surface area contributed by atoms with Gasteiger partial charge >= 0.3 is 0 Å². The van der Waals surface area contributed by atoms with E-state index in [1.807, 2.05) is 4.90 Å². The maximum Gasteiger partial charge on any atom is 0.243 e.